The molecule has 2 N–H and O–H groups in total. The number of nitrogens with one attached hydrogen (secondary N) is 2. The molecular formula is C19H13FN4O. The van der Waals surface area contributed by atoms with E-state index in [-0.39, 0.29) is 5.56 Å². The Morgan fingerprint density at radius 3 is 2.36 bits per heavy atom. The lowest BCUT2D eigenvalue weighted by Gasteiger charge is -2.08. The Morgan fingerprint density at radius 1 is 1.00 bits per heavy atom. The van der Waals surface area contributed by atoms with Gasteiger partial charge in [-0.05, 0) is 48.5 Å². The number of amides is 1. The minimum absolute atomic E-state index is 0.0257. The van der Waals surface area contributed by atoms with Gasteiger partial charge in [0.15, 0.2) is 0 Å². The number of pyridine rings is 1. The van der Waals surface area contributed by atoms with Crippen LogP contribution in [0.4, 0.5) is 21.6 Å². The third-order valence-corrected chi connectivity index (χ3v) is 3.43. The molecule has 1 heterocycles. The highest BCUT2D eigenvalue weighted by molar-refractivity contribution is 6.04. The highest BCUT2D eigenvalue weighted by Crippen LogP contribution is 2.17. The number of rotatable bonds is 4. The number of aromatic nitrogens is 1. The second-order valence-electron chi connectivity index (χ2n) is 5.18. The van der Waals surface area contributed by atoms with Gasteiger partial charge in [-0.3, -0.25) is 4.79 Å². The number of halogens is 1. The first-order valence-corrected chi connectivity index (χ1v) is 7.45. The molecular weight excluding hydrogens is 319 g/mol. The van der Waals surface area contributed by atoms with Gasteiger partial charge in [0.25, 0.3) is 5.91 Å². The van der Waals surface area contributed by atoms with Crippen LogP contribution in [0.15, 0.2) is 66.9 Å². The summed E-state index contributed by atoms with van der Waals surface area (Å²) in [6.45, 7) is 0. The highest BCUT2D eigenvalue weighted by Gasteiger charge is 2.11. The molecule has 1 amide bonds. The van der Waals surface area contributed by atoms with Gasteiger partial charge in [0.05, 0.1) is 29.1 Å². The minimum atomic E-state index is -0.577. The summed E-state index contributed by atoms with van der Waals surface area (Å²) in [5, 5.41) is 14.5. The van der Waals surface area contributed by atoms with Gasteiger partial charge in [-0.1, -0.05) is 12.1 Å². The standard InChI is InChI=1S/C19H13FN4O/c20-17-4-2-1-3-16(17)19(25)24-15-9-10-18(22-12-15)23-14-7-5-13(11-21)6-8-14/h1-10,12H,(H,22,23)(H,24,25). The van der Waals surface area contributed by atoms with Crippen LogP contribution in [0, 0.1) is 17.1 Å². The first-order valence-electron chi connectivity index (χ1n) is 7.45. The Kier molecular flexibility index (Phi) is 4.67. The lowest BCUT2D eigenvalue weighted by Crippen LogP contribution is -2.13. The zero-order chi connectivity index (χ0) is 17.6. The lowest BCUT2D eigenvalue weighted by molar-refractivity contribution is 0.102. The largest absolute Gasteiger partial charge is 0.340 e. The molecule has 0 saturated heterocycles. The Morgan fingerprint density at radius 2 is 1.72 bits per heavy atom. The van der Waals surface area contributed by atoms with Gasteiger partial charge in [0.2, 0.25) is 0 Å². The maximum Gasteiger partial charge on any atom is 0.258 e. The molecule has 0 aliphatic heterocycles. The predicted molar refractivity (Wildman–Crippen MR) is 93.0 cm³/mol. The van der Waals surface area contributed by atoms with E-state index in [0.717, 1.165) is 5.69 Å². The quantitative estimate of drug-likeness (QED) is 0.754. The Hall–Kier alpha value is -3.72. The van der Waals surface area contributed by atoms with Crippen molar-refractivity contribution in [1.29, 1.82) is 5.26 Å². The molecule has 0 aliphatic rings. The molecule has 3 aromatic rings. The van der Waals surface area contributed by atoms with Crippen molar-refractivity contribution in [3.05, 3.63) is 83.8 Å². The second-order valence-corrected chi connectivity index (χ2v) is 5.18. The van der Waals surface area contributed by atoms with Crippen LogP contribution in [0.25, 0.3) is 0 Å². The summed E-state index contributed by atoms with van der Waals surface area (Å²) < 4.78 is 13.6. The number of carbonyl (C=O) groups excluding carboxylic acids is 1. The molecule has 5 nitrogen and oxygen atoms in total. The number of benzene rings is 2. The van der Waals surface area contributed by atoms with Crippen molar-refractivity contribution in [2.24, 2.45) is 0 Å². The van der Waals surface area contributed by atoms with E-state index in [4.69, 9.17) is 5.26 Å². The van der Waals surface area contributed by atoms with Crippen LogP contribution in [0.5, 0.6) is 0 Å². The molecule has 0 atom stereocenters. The van der Waals surface area contributed by atoms with Crippen molar-refractivity contribution < 1.29 is 9.18 Å². The van der Waals surface area contributed by atoms with Gasteiger partial charge in [0, 0.05) is 5.69 Å². The molecule has 3 rings (SSSR count). The first kappa shape index (κ1) is 16.1. The molecule has 0 fully saturated rings. The van der Waals surface area contributed by atoms with Crippen molar-refractivity contribution in [1.82, 2.24) is 4.98 Å². The van der Waals surface area contributed by atoms with E-state index in [0.29, 0.717) is 17.1 Å². The van der Waals surface area contributed by atoms with Crippen LogP contribution in [-0.2, 0) is 0 Å². The van der Waals surface area contributed by atoms with Crippen LogP contribution in [0.2, 0.25) is 0 Å². The third kappa shape index (κ3) is 3.98. The van der Waals surface area contributed by atoms with E-state index in [1.807, 2.05) is 0 Å². The fourth-order valence-electron chi connectivity index (χ4n) is 2.16. The molecule has 0 saturated carbocycles. The Balaban J connectivity index is 1.67. The van der Waals surface area contributed by atoms with Crippen LogP contribution in [0.3, 0.4) is 0 Å². The van der Waals surface area contributed by atoms with Crippen molar-refractivity contribution >= 4 is 23.1 Å². The molecule has 2 aromatic carbocycles. The molecule has 0 radical (unpaired) electrons. The van der Waals surface area contributed by atoms with Gasteiger partial charge >= 0.3 is 0 Å². The smallest absolute Gasteiger partial charge is 0.258 e. The zero-order valence-corrected chi connectivity index (χ0v) is 13.0. The number of anilines is 3. The predicted octanol–water partition coefficient (Wildman–Crippen LogP) is 4.09. The summed E-state index contributed by atoms with van der Waals surface area (Å²) in [6.07, 6.45) is 1.48. The summed E-state index contributed by atoms with van der Waals surface area (Å²) in [5.41, 5.74) is 1.79. The van der Waals surface area contributed by atoms with Gasteiger partial charge in [-0.25, -0.2) is 9.37 Å². The fraction of sp³-hybridized carbons (Fsp3) is 0. The van der Waals surface area contributed by atoms with Crippen LogP contribution >= 0.6 is 0 Å². The van der Waals surface area contributed by atoms with E-state index in [9.17, 15) is 9.18 Å². The second kappa shape index (κ2) is 7.23. The molecule has 0 bridgehead atoms. The summed E-state index contributed by atoms with van der Waals surface area (Å²) in [5.74, 6) is -0.534. The van der Waals surface area contributed by atoms with E-state index in [2.05, 4.69) is 21.7 Å². The Labute approximate surface area is 143 Å². The van der Waals surface area contributed by atoms with Crippen LogP contribution in [0.1, 0.15) is 15.9 Å². The van der Waals surface area contributed by atoms with E-state index in [1.165, 1.54) is 24.4 Å². The number of nitrogens with zero attached hydrogens (tertiary/aromatic N) is 2. The molecule has 6 heteroatoms. The van der Waals surface area contributed by atoms with Gasteiger partial charge in [-0.2, -0.15) is 5.26 Å². The fourth-order valence-corrected chi connectivity index (χ4v) is 2.16. The highest BCUT2D eigenvalue weighted by atomic mass is 19.1. The Bertz CT molecular complexity index is 931. The lowest BCUT2D eigenvalue weighted by atomic mass is 10.2. The van der Waals surface area contributed by atoms with Gasteiger partial charge in [0.1, 0.15) is 11.6 Å². The number of carbonyl (C=O) groups is 1. The summed E-state index contributed by atoms with van der Waals surface area (Å²) in [6, 6.07) is 18.1. The zero-order valence-electron chi connectivity index (χ0n) is 13.0. The monoisotopic (exact) mass is 332 g/mol. The van der Waals surface area contributed by atoms with Crippen LogP contribution < -0.4 is 10.6 Å². The van der Waals surface area contributed by atoms with E-state index < -0.39 is 11.7 Å². The molecule has 0 spiro atoms. The summed E-state index contributed by atoms with van der Waals surface area (Å²) >= 11 is 0. The average molecular weight is 332 g/mol. The molecule has 0 aliphatic carbocycles. The van der Waals surface area contributed by atoms with Crippen molar-refractivity contribution in [2.75, 3.05) is 10.6 Å². The number of hydrogen-bond acceptors (Lipinski definition) is 4. The normalized spacial score (nSPS) is 9.92. The van der Waals surface area contributed by atoms with E-state index >= 15 is 0 Å². The maximum absolute atomic E-state index is 13.6. The van der Waals surface area contributed by atoms with Crippen molar-refractivity contribution in [2.45, 2.75) is 0 Å². The summed E-state index contributed by atoms with van der Waals surface area (Å²) in [4.78, 5) is 16.3. The van der Waals surface area contributed by atoms with Gasteiger partial charge < -0.3 is 10.6 Å². The van der Waals surface area contributed by atoms with Crippen molar-refractivity contribution in [3.63, 3.8) is 0 Å². The molecule has 25 heavy (non-hydrogen) atoms. The maximum atomic E-state index is 13.6. The number of nitriles is 1. The molecule has 1 aromatic heterocycles. The molecule has 0 unspecified atom stereocenters. The topological polar surface area (TPSA) is 77.8 Å². The average Bonchev–Trinajstić information content (AvgIpc) is 2.64. The minimum Gasteiger partial charge on any atom is -0.340 e. The van der Waals surface area contributed by atoms with Gasteiger partial charge in [-0.15, -0.1) is 0 Å². The number of hydrogen-bond donors (Lipinski definition) is 2. The van der Waals surface area contributed by atoms with Crippen LogP contribution in [-0.4, -0.2) is 10.9 Å². The third-order valence-electron chi connectivity index (χ3n) is 3.43. The molecule has 122 valence electrons. The SMILES string of the molecule is N#Cc1ccc(Nc2ccc(NC(=O)c3ccccc3F)cn2)cc1. The van der Waals surface area contributed by atoms with E-state index in [1.54, 1.807) is 42.5 Å². The van der Waals surface area contributed by atoms with Crippen molar-refractivity contribution in [3.8, 4) is 6.07 Å². The summed E-state index contributed by atoms with van der Waals surface area (Å²) in [7, 11) is 0. The first-order chi connectivity index (χ1) is 12.2.